The lowest BCUT2D eigenvalue weighted by atomic mass is 9.96. The summed E-state index contributed by atoms with van der Waals surface area (Å²) in [4.78, 5) is 149. The lowest BCUT2D eigenvalue weighted by Gasteiger charge is -2.26. The summed E-state index contributed by atoms with van der Waals surface area (Å²) in [7, 11) is 0. The Balaban J connectivity index is 0.000000417. The van der Waals surface area contributed by atoms with E-state index in [1.54, 1.807) is 36.7 Å². The number of aromatic amines is 2. The number of rotatable bonds is 45. The van der Waals surface area contributed by atoms with Gasteiger partial charge in [0.2, 0.25) is 53.2 Å². The Kier molecular flexibility index (Phi) is 42.9. The Bertz CT molecular complexity index is 3940. The highest BCUT2D eigenvalue weighted by atomic mass is 16.5. The molecule has 34 heteroatoms. The second-order valence-corrected chi connectivity index (χ2v) is 27.5. The number of benzene rings is 3. The number of hydrogen-bond acceptors (Lipinski definition) is 19. The molecule has 6 rings (SSSR count). The van der Waals surface area contributed by atoms with E-state index in [-0.39, 0.29) is 115 Å². The van der Waals surface area contributed by atoms with Crippen LogP contribution in [0.2, 0.25) is 0 Å². The molecule has 2 heterocycles. The van der Waals surface area contributed by atoms with Crippen molar-refractivity contribution in [1.82, 2.24) is 67.8 Å². The number of ether oxygens (including phenoxy) is 4. The van der Waals surface area contributed by atoms with Crippen LogP contribution >= 0.6 is 0 Å². The number of H-pyrrole nitrogens is 2. The topological polar surface area (TPSA) is 491 Å². The minimum Gasteiger partial charge on any atom is -0.508 e. The molecule has 0 bridgehead atoms. The Morgan fingerprint density at radius 2 is 1.00 bits per heavy atom. The predicted molar refractivity (Wildman–Crippen MR) is 419 cm³/mol. The van der Waals surface area contributed by atoms with Gasteiger partial charge in [0.05, 0.1) is 58.5 Å². The van der Waals surface area contributed by atoms with Crippen molar-refractivity contribution >= 4 is 59.1 Å². The second-order valence-electron chi connectivity index (χ2n) is 27.5. The highest BCUT2D eigenvalue weighted by molar-refractivity contribution is 5.97. The van der Waals surface area contributed by atoms with Gasteiger partial charge in [-0.05, 0) is 152 Å². The van der Waals surface area contributed by atoms with E-state index in [0.717, 1.165) is 35.4 Å². The molecule has 0 unspecified atom stereocenters. The Morgan fingerprint density at radius 3 is 1.45 bits per heavy atom. The van der Waals surface area contributed by atoms with Crippen LogP contribution in [0.25, 0.3) is 20.9 Å². The summed E-state index contributed by atoms with van der Waals surface area (Å²) in [5.41, 5.74) is 27.9. The molecule has 34 nitrogen and oxygen atoms in total. The maximum absolute atomic E-state index is 13.7. The molecule has 0 saturated carbocycles. The molecule has 3 aromatic carbocycles. The molecule has 0 radical (unpaired) electrons. The minimum absolute atomic E-state index is 0.0184. The average Bonchev–Trinajstić information content (AvgIpc) is 0.873. The summed E-state index contributed by atoms with van der Waals surface area (Å²) >= 11 is 0. The SMILES string of the molecule is CC(=O)N[C@@H](Cc1ccc(O)cc1)C(=O)N[C@H](CC(C)C)C(=O)N[C@@H](CC(=O)NCCc1cnc[nH]1)C(=O)NCCOCCN=[N+]=[N-].CC(=O)N[C@@H](Cc1ccc(OCC2=CCCC=C2)cc1)C(=O)N[C@H](CC(C)C)C(=O)N[C@@H](CC(=O)OCCc1cnc[nH]1)C(=O)NCCOCCN=[N+]=[N-].Cc1cc(C)c(C)c(C)c1C. The number of esters is 1. The molecule has 0 aliphatic heterocycles. The maximum Gasteiger partial charge on any atom is 0.308 e. The van der Waals surface area contributed by atoms with Gasteiger partial charge < -0.3 is 81.9 Å². The zero-order valence-electron chi connectivity index (χ0n) is 65.9. The fourth-order valence-electron chi connectivity index (χ4n) is 11.2. The molecule has 12 N–H and O–H groups in total. The fraction of sp³-hybridized carbons (Fsp3) is 0.513. The third-order valence-electron chi connectivity index (χ3n) is 17.4. The number of hydrogen-bond donors (Lipinski definition) is 12. The van der Waals surface area contributed by atoms with Crippen LogP contribution in [0.5, 0.6) is 11.5 Å². The quantitative estimate of drug-likeness (QED) is 0.00664. The van der Waals surface area contributed by atoms with Crippen LogP contribution in [-0.2, 0) is 87.8 Å². The van der Waals surface area contributed by atoms with Crippen LogP contribution in [0.4, 0.5) is 0 Å². The number of amides is 9. The Hall–Kier alpha value is -11.6. The maximum atomic E-state index is 13.7. The number of azide groups is 2. The standard InChI is InChI=1S/C37H51N9O8.C30H44N10O7.C11H16/c1-25(2)19-31(44-37(51)32(43-26(3)47)20-27-9-11-30(12-10-27)54-23-28-7-5-4-6-8-28)36(50)45-33(35(49)40-14-17-52-18-15-42-46-38)21-34(48)53-16-13-29-22-39-24-41-29;1-19(2)14-24(38-30(46)25(37-20(3)41)15-21-4-6-23(42)7-5-21)29(45)39-26(28(44)34-10-12-47-13-11-36-40-31)16-27(43)33-9-8-22-17-32-18-35-22;1-7-6-8(2)10(4)11(5)9(7)3/h5,7-12,22,24-25,31-33H,4,6,13-21,23H2,1-3H3,(H,39,41)(H,40,49)(H,43,47)(H,44,51)(H,45,50);4-7,17-19,24-26,42H,8-16H2,1-3H3,(H,32,35)(H,33,43)(H,34,44)(H,37,41)(H,38,46)(H,39,45);6H,1-5H3/t31-,32+,33+;24-,25+,26+;/m11./s1. The first kappa shape index (κ1) is 92.8. The number of allylic oxidation sites excluding steroid dienone is 2. The second kappa shape index (κ2) is 51.7. The lowest BCUT2D eigenvalue weighted by Crippen LogP contribution is -2.58. The first-order chi connectivity index (χ1) is 53.5. The van der Waals surface area contributed by atoms with Crippen molar-refractivity contribution in [3.8, 4) is 11.5 Å². The minimum atomic E-state index is -1.34. The molecule has 9 amide bonds. The molecule has 0 saturated heterocycles. The monoisotopic (exact) mass is 1550 g/mol. The van der Waals surface area contributed by atoms with E-state index in [0.29, 0.717) is 30.8 Å². The number of phenolic OH excluding ortho intramolecular Hbond substituents is 1. The number of carbonyl (C=O) groups is 10. The van der Waals surface area contributed by atoms with E-state index in [1.165, 1.54) is 66.5 Å². The predicted octanol–water partition coefficient (Wildman–Crippen LogP) is 6.35. The van der Waals surface area contributed by atoms with Gasteiger partial charge in [-0.15, -0.1) is 0 Å². The molecule has 1 aliphatic carbocycles. The molecule has 1 aliphatic rings. The van der Waals surface area contributed by atoms with Gasteiger partial charge in [-0.25, -0.2) is 9.97 Å². The number of aromatic hydroxyl groups is 1. The van der Waals surface area contributed by atoms with Gasteiger partial charge >= 0.3 is 5.97 Å². The van der Waals surface area contributed by atoms with Crippen molar-refractivity contribution in [3.05, 3.63) is 175 Å². The van der Waals surface area contributed by atoms with Crippen LogP contribution in [0.15, 0.2) is 114 Å². The number of aryl methyl sites for hydroxylation is 2. The summed E-state index contributed by atoms with van der Waals surface area (Å²) in [5.74, 6) is -5.41. The van der Waals surface area contributed by atoms with E-state index in [2.05, 4.69) is 141 Å². The van der Waals surface area contributed by atoms with Crippen molar-refractivity contribution in [2.75, 3.05) is 72.4 Å². The third-order valence-corrected chi connectivity index (χ3v) is 17.4. The zero-order chi connectivity index (χ0) is 82.3. The largest absolute Gasteiger partial charge is 0.508 e. The molecule has 112 heavy (non-hydrogen) atoms. The van der Waals surface area contributed by atoms with E-state index in [1.807, 2.05) is 45.9 Å². The molecule has 608 valence electrons. The number of phenols is 1. The molecular weight excluding hydrogens is 1440 g/mol. The smallest absolute Gasteiger partial charge is 0.308 e. The van der Waals surface area contributed by atoms with E-state index >= 15 is 0 Å². The van der Waals surface area contributed by atoms with Gasteiger partial charge in [-0.2, -0.15) is 0 Å². The Morgan fingerprint density at radius 1 is 0.536 bits per heavy atom. The van der Waals surface area contributed by atoms with E-state index < -0.39 is 102 Å². The van der Waals surface area contributed by atoms with Crippen molar-refractivity contribution < 1.29 is 72.0 Å². The van der Waals surface area contributed by atoms with Crippen LogP contribution in [0, 0.1) is 46.5 Å². The third kappa shape index (κ3) is 37.7. The van der Waals surface area contributed by atoms with Gasteiger partial charge in [0.1, 0.15) is 54.4 Å². The van der Waals surface area contributed by atoms with Gasteiger partial charge in [0, 0.05) is 106 Å². The molecular formula is C78H111N19O15. The lowest BCUT2D eigenvalue weighted by molar-refractivity contribution is -0.146. The van der Waals surface area contributed by atoms with Crippen LogP contribution in [-0.4, -0.2) is 193 Å². The van der Waals surface area contributed by atoms with Crippen molar-refractivity contribution in [3.63, 3.8) is 0 Å². The summed E-state index contributed by atoms with van der Waals surface area (Å²) in [6, 6.07) is 8.74. The van der Waals surface area contributed by atoms with Gasteiger partial charge in [0.25, 0.3) is 0 Å². The van der Waals surface area contributed by atoms with Gasteiger partial charge in [-0.3, -0.25) is 47.9 Å². The highest BCUT2D eigenvalue weighted by Gasteiger charge is 2.34. The number of carbonyl (C=O) groups excluding carboxylic acids is 10. The van der Waals surface area contributed by atoms with Gasteiger partial charge in [0.15, 0.2) is 0 Å². The van der Waals surface area contributed by atoms with Gasteiger partial charge in [-0.1, -0.05) is 86.5 Å². The van der Waals surface area contributed by atoms with E-state index in [4.69, 9.17) is 30.0 Å². The normalized spacial score (nSPS) is 12.9. The summed E-state index contributed by atoms with van der Waals surface area (Å²) in [6.07, 6.45) is 15.2. The van der Waals surface area contributed by atoms with E-state index in [9.17, 15) is 53.1 Å². The molecule has 2 aromatic heterocycles. The number of aromatic nitrogens is 4. The Labute approximate surface area is 653 Å². The van der Waals surface area contributed by atoms with Crippen LogP contribution < -0.4 is 52.6 Å². The first-order valence-electron chi connectivity index (χ1n) is 37.3. The van der Waals surface area contributed by atoms with Crippen molar-refractivity contribution in [1.29, 1.82) is 0 Å². The average molecular weight is 1550 g/mol. The fourth-order valence-corrected chi connectivity index (χ4v) is 11.2. The van der Waals surface area contributed by atoms with Crippen molar-refractivity contribution in [2.45, 2.75) is 177 Å². The molecule has 0 fully saturated rings. The number of imidazole rings is 2. The molecule has 5 aromatic rings. The zero-order valence-corrected chi connectivity index (χ0v) is 65.9. The first-order valence-corrected chi connectivity index (χ1v) is 37.3. The molecule has 6 atom stereocenters. The summed E-state index contributed by atoms with van der Waals surface area (Å²) < 4.78 is 21.8. The summed E-state index contributed by atoms with van der Waals surface area (Å²) in [6.45, 7) is 22.5. The number of nitrogens with zero attached hydrogens (tertiary/aromatic N) is 8. The molecule has 0 spiro atoms. The van der Waals surface area contributed by atoms with Crippen molar-refractivity contribution in [2.24, 2.45) is 22.1 Å². The van der Waals surface area contributed by atoms with Crippen LogP contribution in [0.1, 0.15) is 130 Å². The highest BCUT2D eigenvalue weighted by Crippen LogP contribution is 2.21. The number of nitrogens with one attached hydrogen (secondary N) is 11. The summed E-state index contributed by atoms with van der Waals surface area (Å²) in [5, 5.41) is 40.2. The van der Waals surface area contributed by atoms with Crippen LogP contribution in [0.3, 0.4) is 0 Å².